The van der Waals surface area contributed by atoms with Crippen LogP contribution in [0.25, 0.3) is 11.9 Å². The zero-order valence-electron chi connectivity index (χ0n) is 17.9. The van der Waals surface area contributed by atoms with Crippen LogP contribution in [0.2, 0.25) is 0 Å². The molecule has 1 aromatic carbocycles. The van der Waals surface area contributed by atoms with Crippen LogP contribution in [0.15, 0.2) is 53.6 Å². The highest BCUT2D eigenvalue weighted by atomic mass is 32.2. The number of rotatable bonds is 6. The Morgan fingerprint density at radius 1 is 1.15 bits per heavy atom. The summed E-state index contributed by atoms with van der Waals surface area (Å²) in [6, 6.07) is 10.9. The number of carbonyl (C=O) groups excluding carboxylic acids is 3. The van der Waals surface area contributed by atoms with E-state index in [1.165, 1.54) is 30.5 Å². The summed E-state index contributed by atoms with van der Waals surface area (Å²) in [6.45, 7) is 3.94. The van der Waals surface area contributed by atoms with Gasteiger partial charge in [0.1, 0.15) is 5.82 Å². The third-order valence-electron chi connectivity index (χ3n) is 4.90. The van der Waals surface area contributed by atoms with Gasteiger partial charge in [0, 0.05) is 25.0 Å². The van der Waals surface area contributed by atoms with E-state index in [0.29, 0.717) is 16.9 Å². The lowest BCUT2D eigenvalue weighted by atomic mass is 10.2. The van der Waals surface area contributed by atoms with Gasteiger partial charge >= 0.3 is 0 Å². The van der Waals surface area contributed by atoms with E-state index in [1.807, 2.05) is 19.9 Å². The number of nitrogens with zero attached hydrogens (tertiary/aromatic N) is 4. The Labute approximate surface area is 193 Å². The molecule has 3 amide bonds. The molecule has 4 rings (SSSR count). The van der Waals surface area contributed by atoms with Gasteiger partial charge in [-0.2, -0.15) is 5.10 Å². The third kappa shape index (κ3) is 5.01. The molecule has 10 heteroatoms. The Kier molecular flexibility index (Phi) is 6.36. The first-order chi connectivity index (χ1) is 15.8. The van der Waals surface area contributed by atoms with Gasteiger partial charge in [0.2, 0.25) is 0 Å². The highest BCUT2D eigenvalue weighted by Gasteiger charge is 2.34. The van der Waals surface area contributed by atoms with E-state index in [0.717, 1.165) is 28.0 Å². The summed E-state index contributed by atoms with van der Waals surface area (Å²) in [5, 5.41) is 6.64. The van der Waals surface area contributed by atoms with Gasteiger partial charge < -0.3 is 5.32 Å². The van der Waals surface area contributed by atoms with Crippen molar-refractivity contribution in [2.45, 2.75) is 13.8 Å². The maximum atomic E-state index is 13.0. The average Bonchev–Trinajstić information content (AvgIpc) is 3.27. The molecule has 1 aliphatic heterocycles. The normalized spacial score (nSPS) is 14.9. The van der Waals surface area contributed by atoms with Crippen LogP contribution in [0.3, 0.4) is 0 Å². The lowest BCUT2D eigenvalue weighted by Crippen LogP contribution is -2.37. The number of aromatic nitrogens is 3. The lowest BCUT2D eigenvalue weighted by Gasteiger charge is -2.13. The summed E-state index contributed by atoms with van der Waals surface area (Å²) in [4.78, 5) is 42.8. The Morgan fingerprint density at radius 2 is 1.91 bits per heavy atom. The molecule has 0 saturated carbocycles. The van der Waals surface area contributed by atoms with Gasteiger partial charge in [-0.1, -0.05) is 12.1 Å². The molecule has 0 aliphatic carbocycles. The molecule has 168 valence electrons. The summed E-state index contributed by atoms with van der Waals surface area (Å²) >= 11 is 0.812. The van der Waals surface area contributed by atoms with E-state index in [-0.39, 0.29) is 29.7 Å². The van der Waals surface area contributed by atoms with Crippen LogP contribution in [-0.2, 0) is 4.79 Å². The van der Waals surface area contributed by atoms with E-state index in [9.17, 15) is 18.8 Å². The lowest BCUT2D eigenvalue weighted by molar-refractivity contribution is -0.122. The molecule has 1 aliphatic rings. The summed E-state index contributed by atoms with van der Waals surface area (Å²) in [5.41, 5.74) is 2.77. The zero-order valence-corrected chi connectivity index (χ0v) is 18.7. The Bertz CT molecular complexity index is 1250. The van der Waals surface area contributed by atoms with Crippen LogP contribution in [0.4, 0.5) is 9.18 Å². The Balaban J connectivity index is 1.33. The van der Waals surface area contributed by atoms with Gasteiger partial charge in [0.25, 0.3) is 17.1 Å². The van der Waals surface area contributed by atoms with Crippen molar-refractivity contribution >= 4 is 34.9 Å². The topological polar surface area (TPSA) is 97.2 Å². The first-order valence-corrected chi connectivity index (χ1v) is 10.9. The summed E-state index contributed by atoms with van der Waals surface area (Å²) < 4.78 is 14.7. The molecule has 0 spiro atoms. The zero-order chi connectivity index (χ0) is 23.5. The van der Waals surface area contributed by atoms with Crippen molar-refractivity contribution in [3.63, 3.8) is 0 Å². The second kappa shape index (κ2) is 9.37. The molecular weight excluding hydrogens is 445 g/mol. The van der Waals surface area contributed by atoms with Crippen molar-refractivity contribution in [2.75, 3.05) is 13.1 Å². The van der Waals surface area contributed by atoms with Gasteiger partial charge in [-0.05, 0) is 67.6 Å². The number of pyridine rings is 1. The number of hydrogen-bond donors (Lipinski definition) is 1. The second-order valence-electron chi connectivity index (χ2n) is 7.38. The van der Waals surface area contributed by atoms with E-state index in [4.69, 9.17) is 0 Å². The van der Waals surface area contributed by atoms with Crippen molar-refractivity contribution in [3.05, 3.63) is 81.9 Å². The van der Waals surface area contributed by atoms with E-state index < -0.39 is 11.1 Å². The van der Waals surface area contributed by atoms with E-state index in [2.05, 4.69) is 15.4 Å². The van der Waals surface area contributed by atoms with Gasteiger partial charge in [-0.15, -0.1) is 0 Å². The Morgan fingerprint density at radius 3 is 2.55 bits per heavy atom. The van der Waals surface area contributed by atoms with Crippen molar-refractivity contribution in [2.24, 2.45) is 0 Å². The first-order valence-electron chi connectivity index (χ1n) is 10.1. The van der Waals surface area contributed by atoms with Crippen molar-refractivity contribution in [3.8, 4) is 5.82 Å². The average molecular weight is 466 g/mol. The van der Waals surface area contributed by atoms with Crippen LogP contribution < -0.4 is 5.32 Å². The van der Waals surface area contributed by atoms with Gasteiger partial charge in [-0.25, -0.2) is 14.1 Å². The molecule has 8 nitrogen and oxygen atoms in total. The van der Waals surface area contributed by atoms with Gasteiger partial charge in [0.05, 0.1) is 16.2 Å². The molecular formula is C23H20FN5O3S. The molecule has 0 atom stereocenters. The number of amides is 3. The molecule has 2 aromatic heterocycles. The van der Waals surface area contributed by atoms with Crippen LogP contribution in [0.5, 0.6) is 0 Å². The number of hydrogen-bond acceptors (Lipinski definition) is 6. The first kappa shape index (κ1) is 22.4. The minimum Gasteiger partial charge on any atom is -0.350 e. The fourth-order valence-corrected chi connectivity index (χ4v) is 4.16. The molecule has 0 bridgehead atoms. The summed E-state index contributed by atoms with van der Waals surface area (Å²) in [7, 11) is 0. The van der Waals surface area contributed by atoms with Gasteiger partial charge in [0.15, 0.2) is 5.82 Å². The SMILES string of the molecule is Cc1cc(C)n(-c2ccc(C(=O)NCCN3C(=O)S/C(=C\c4ccc(F)cc4)C3=O)cn2)n1. The molecule has 1 saturated heterocycles. The second-order valence-corrected chi connectivity index (χ2v) is 8.38. The molecule has 0 unspecified atom stereocenters. The fraction of sp³-hybridized carbons (Fsp3) is 0.174. The molecule has 3 heterocycles. The van der Waals surface area contributed by atoms with Crippen LogP contribution >= 0.6 is 11.8 Å². The van der Waals surface area contributed by atoms with Crippen LogP contribution in [0.1, 0.15) is 27.3 Å². The molecule has 3 aromatic rings. The molecule has 33 heavy (non-hydrogen) atoms. The largest absolute Gasteiger partial charge is 0.350 e. The van der Waals surface area contributed by atoms with Crippen LogP contribution in [-0.4, -0.2) is 49.8 Å². The number of halogens is 1. The van der Waals surface area contributed by atoms with E-state index in [1.54, 1.807) is 22.9 Å². The van der Waals surface area contributed by atoms with Crippen molar-refractivity contribution < 1.29 is 18.8 Å². The standard InChI is InChI=1S/C23H20FN5O3S/c1-14-11-15(2)29(27-14)20-8-5-17(13-26-20)21(30)25-9-10-28-22(31)19(33-23(28)32)12-16-3-6-18(24)7-4-16/h3-8,11-13H,9-10H2,1-2H3,(H,25,30)/b19-12-. The third-order valence-corrected chi connectivity index (χ3v) is 5.81. The number of benzene rings is 1. The summed E-state index contributed by atoms with van der Waals surface area (Å²) in [5.74, 6) is -0.592. The predicted octanol–water partition coefficient (Wildman–Crippen LogP) is 3.49. The number of carbonyl (C=O) groups is 3. The number of nitrogens with one attached hydrogen (secondary N) is 1. The van der Waals surface area contributed by atoms with Crippen molar-refractivity contribution in [1.82, 2.24) is 25.0 Å². The van der Waals surface area contributed by atoms with Crippen LogP contribution in [0, 0.1) is 19.7 Å². The Hall–Kier alpha value is -3.79. The molecule has 1 N–H and O–H groups in total. The molecule has 0 radical (unpaired) electrons. The fourth-order valence-electron chi connectivity index (χ4n) is 3.29. The maximum Gasteiger partial charge on any atom is 0.293 e. The summed E-state index contributed by atoms with van der Waals surface area (Å²) in [6.07, 6.45) is 2.99. The number of aryl methyl sites for hydroxylation is 2. The maximum absolute atomic E-state index is 13.0. The van der Waals surface area contributed by atoms with Gasteiger partial charge in [-0.3, -0.25) is 19.3 Å². The van der Waals surface area contributed by atoms with Crippen molar-refractivity contribution in [1.29, 1.82) is 0 Å². The number of imide groups is 1. The quantitative estimate of drug-likeness (QED) is 0.560. The van der Waals surface area contributed by atoms with E-state index >= 15 is 0 Å². The highest BCUT2D eigenvalue weighted by Crippen LogP contribution is 2.31. The monoisotopic (exact) mass is 465 g/mol. The minimum atomic E-state index is -0.445. The highest BCUT2D eigenvalue weighted by molar-refractivity contribution is 8.18. The molecule has 1 fully saturated rings. The minimum absolute atomic E-state index is 0.0361. The smallest absolute Gasteiger partial charge is 0.293 e. The predicted molar refractivity (Wildman–Crippen MR) is 122 cm³/mol. The number of thioether (sulfide) groups is 1.